The maximum atomic E-state index is 12.1. The zero-order chi connectivity index (χ0) is 13.2. The van der Waals surface area contributed by atoms with Crippen LogP contribution in [-0.4, -0.2) is 42.6 Å². The Morgan fingerprint density at radius 3 is 2.39 bits per heavy atom. The number of fused-ring (bicyclic) bond motifs is 2. The predicted molar refractivity (Wildman–Crippen MR) is 67.7 cm³/mol. The maximum Gasteiger partial charge on any atom is 0.303 e. The third-order valence-electron chi connectivity index (χ3n) is 4.00. The summed E-state index contributed by atoms with van der Waals surface area (Å²) in [5, 5.41) is 8.54. The number of piperidine rings is 1. The van der Waals surface area contributed by atoms with Crippen LogP contribution in [0, 0.1) is 11.8 Å². The van der Waals surface area contributed by atoms with Gasteiger partial charge in [-0.1, -0.05) is 6.42 Å². The highest BCUT2D eigenvalue weighted by atomic mass is 32.2. The molecule has 0 spiro atoms. The van der Waals surface area contributed by atoms with Gasteiger partial charge in [0, 0.05) is 19.5 Å². The van der Waals surface area contributed by atoms with E-state index in [-0.39, 0.29) is 18.6 Å². The number of aliphatic carboxylic acids is 1. The van der Waals surface area contributed by atoms with Crippen LogP contribution in [0.1, 0.15) is 38.5 Å². The zero-order valence-electron chi connectivity index (χ0n) is 10.5. The van der Waals surface area contributed by atoms with Gasteiger partial charge in [-0.05, 0) is 37.5 Å². The van der Waals surface area contributed by atoms with Gasteiger partial charge in [-0.25, -0.2) is 12.7 Å². The number of hydrogen-bond acceptors (Lipinski definition) is 3. The summed E-state index contributed by atoms with van der Waals surface area (Å²) in [4.78, 5) is 10.4. The third-order valence-corrected chi connectivity index (χ3v) is 5.89. The quantitative estimate of drug-likeness (QED) is 0.820. The van der Waals surface area contributed by atoms with Crippen molar-refractivity contribution in [1.29, 1.82) is 0 Å². The summed E-state index contributed by atoms with van der Waals surface area (Å²) in [7, 11) is -3.25. The summed E-state index contributed by atoms with van der Waals surface area (Å²) in [5.74, 6) is 0.0814. The number of rotatable bonds is 5. The lowest BCUT2D eigenvalue weighted by molar-refractivity contribution is -0.137. The Morgan fingerprint density at radius 2 is 1.83 bits per heavy atom. The van der Waals surface area contributed by atoms with E-state index in [4.69, 9.17) is 5.11 Å². The van der Waals surface area contributed by atoms with Crippen LogP contribution in [0.3, 0.4) is 0 Å². The molecule has 0 aromatic heterocycles. The molecule has 1 heterocycles. The van der Waals surface area contributed by atoms with Gasteiger partial charge in [-0.15, -0.1) is 0 Å². The number of carboxylic acids is 1. The van der Waals surface area contributed by atoms with Crippen LogP contribution in [0.2, 0.25) is 0 Å². The van der Waals surface area contributed by atoms with Gasteiger partial charge in [0.2, 0.25) is 10.0 Å². The second-order valence-electron chi connectivity index (χ2n) is 5.53. The largest absolute Gasteiger partial charge is 0.481 e. The summed E-state index contributed by atoms with van der Waals surface area (Å²) in [6.45, 7) is 1.29. The monoisotopic (exact) mass is 275 g/mol. The first kappa shape index (κ1) is 13.8. The van der Waals surface area contributed by atoms with E-state index < -0.39 is 16.0 Å². The van der Waals surface area contributed by atoms with Crippen molar-refractivity contribution in [2.24, 2.45) is 11.8 Å². The van der Waals surface area contributed by atoms with E-state index in [0.29, 0.717) is 24.9 Å². The lowest BCUT2D eigenvalue weighted by Gasteiger charge is -2.40. The smallest absolute Gasteiger partial charge is 0.303 e. The van der Waals surface area contributed by atoms with E-state index in [1.807, 2.05) is 0 Å². The minimum absolute atomic E-state index is 0.0290. The molecular formula is C12H21NO4S. The fourth-order valence-corrected chi connectivity index (χ4v) is 4.79. The molecule has 1 N–H and O–H groups in total. The standard InChI is InChI=1S/C12H21NO4S/c14-12(15)5-2-6-18(16,17)13-8-10-3-1-4-11(7-10)9-13/h10-11H,1-9H2,(H,14,15). The zero-order valence-corrected chi connectivity index (χ0v) is 11.4. The number of sulfonamides is 1. The minimum atomic E-state index is -3.25. The highest BCUT2D eigenvalue weighted by Gasteiger charge is 2.35. The van der Waals surface area contributed by atoms with Gasteiger partial charge < -0.3 is 5.11 Å². The highest BCUT2D eigenvalue weighted by Crippen LogP contribution is 2.35. The Bertz CT molecular complexity index is 394. The van der Waals surface area contributed by atoms with Gasteiger partial charge in [0.25, 0.3) is 0 Å². The number of carboxylic acid groups (broad SMARTS) is 1. The molecule has 6 heteroatoms. The van der Waals surface area contributed by atoms with Crippen molar-refractivity contribution in [3.05, 3.63) is 0 Å². The van der Waals surface area contributed by atoms with Crippen LogP contribution in [-0.2, 0) is 14.8 Å². The molecule has 0 aromatic carbocycles. The van der Waals surface area contributed by atoms with E-state index >= 15 is 0 Å². The lowest BCUT2D eigenvalue weighted by atomic mass is 9.79. The fourth-order valence-electron chi connectivity index (χ4n) is 3.15. The average Bonchev–Trinajstić information content (AvgIpc) is 2.27. The minimum Gasteiger partial charge on any atom is -0.481 e. The molecule has 2 rings (SSSR count). The van der Waals surface area contributed by atoms with Crippen LogP contribution >= 0.6 is 0 Å². The summed E-state index contributed by atoms with van der Waals surface area (Å²) in [6.07, 6.45) is 4.81. The first-order valence-electron chi connectivity index (χ1n) is 6.67. The summed E-state index contributed by atoms with van der Waals surface area (Å²) >= 11 is 0. The summed E-state index contributed by atoms with van der Waals surface area (Å²) in [6, 6.07) is 0. The second kappa shape index (κ2) is 5.57. The molecule has 2 fully saturated rings. The van der Waals surface area contributed by atoms with E-state index in [9.17, 15) is 13.2 Å². The molecule has 0 radical (unpaired) electrons. The van der Waals surface area contributed by atoms with Crippen molar-refractivity contribution in [3.8, 4) is 0 Å². The van der Waals surface area contributed by atoms with E-state index in [1.54, 1.807) is 4.31 Å². The molecule has 1 saturated heterocycles. The Morgan fingerprint density at radius 1 is 1.22 bits per heavy atom. The van der Waals surface area contributed by atoms with Crippen LogP contribution in [0.4, 0.5) is 0 Å². The van der Waals surface area contributed by atoms with Gasteiger partial charge in [-0.2, -0.15) is 0 Å². The Kier molecular flexibility index (Phi) is 4.27. The molecule has 2 unspecified atom stereocenters. The van der Waals surface area contributed by atoms with Crippen molar-refractivity contribution < 1.29 is 18.3 Å². The van der Waals surface area contributed by atoms with Crippen molar-refractivity contribution in [1.82, 2.24) is 4.31 Å². The molecule has 104 valence electrons. The molecule has 2 atom stereocenters. The second-order valence-corrected chi connectivity index (χ2v) is 7.62. The normalized spacial score (nSPS) is 29.1. The Balaban J connectivity index is 1.91. The highest BCUT2D eigenvalue weighted by molar-refractivity contribution is 7.89. The van der Waals surface area contributed by atoms with E-state index in [2.05, 4.69) is 0 Å². The van der Waals surface area contributed by atoms with Crippen molar-refractivity contribution >= 4 is 16.0 Å². The van der Waals surface area contributed by atoms with Crippen LogP contribution in [0.25, 0.3) is 0 Å². The van der Waals surface area contributed by atoms with Crippen LogP contribution in [0.5, 0.6) is 0 Å². The molecule has 5 nitrogen and oxygen atoms in total. The molecule has 0 aromatic rings. The van der Waals surface area contributed by atoms with Crippen LogP contribution < -0.4 is 0 Å². The maximum absolute atomic E-state index is 12.1. The van der Waals surface area contributed by atoms with Crippen molar-refractivity contribution in [2.75, 3.05) is 18.8 Å². The number of hydrogen-bond donors (Lipinski definition) is 1. The summed E-state index contributed by atoms with van der Waals surface area (Å²) < 4.78 is 25.9. The topological polar surface area (TPSA) is 74.7 Å². The van der Waals surface area contributed by atoms with Crippen molar-refractivity contribution in [2.45, 2.75) is 38.5 Å². The first-order chi connectivity index (χ1) is 8.47. The third kappa shape index (κ3) is 3.45. The van der Waals surface area contributed by atoms with Crippen LogP contribution in [0.15, 0.2) is 0 Å². The molecular weight excluding hydrogens is 254 g/mol. The molecule has 1 saturated carbocycles. The van der Waals surface area contributed by atoms with Gasteiger partial charge in [0.05, 0.1) is 5.75 Å². The molecule has 2 aliphatic rings. The average molecular weight is 275 g/mol. The van der Waals surface area contributed by atoms with E-state index in [1.165, 1.54) is 12.8 Å². The van der Waals surface area contributed by atoms with Gasteiger partial charge in [0.1, 0.15) is 0 Å². The lowest BCUT2D eigenvalue weighted by Crippen LogP contribution is -2.46. The Hall–Kier alpha value is -0.620. The van der Waals surface area contributed by atoms with Crippen molar-refractivity contribution in [3.63, 3.8) is 0 Å². The number of nitrogens with zero attached hydrogens (tertiary/aromatic N) is 1. The van der Waals surface area contributed by atoms with Gasteiger partial charge >= 0.3 is 5.97 Å². The molecule has 1 aliphatic heterocycles. The molecule has 18 heavy (non-hydrogen) atoms. The predicted octanol–water partition coefficient (Wildman–Crippen LogP) is 1.30. The molecule has 1 aliphatic carbocycles. The number of carbonyl (C=O) groups is 1. The van der Waals surface area contributed by atoms with Gasteiger partial charge in [-0.3, -0.25) is 4.79 Å². The SMILES string of the molecule is O=C(O)CCCS(=O)(=O)N1CC2CCCC(C2)C1. The Labute approximate surface area is 108 Å². The molecule has 2 bridgehead atoms. The van der Waals surface area contributed by atoms with E-state index in [0.717, 1.165) is 12.8 Å². The molecule has 0 amide bonds. The first-order valence-corrected chi connectivity index (χ1v) is 8.28. The van der Waals surface area contributed by atoms with Gasteiger partial charge in [0.15, 0.2) is 0 Å². The summed E-state index contributed by atoms with van der Waals surface area (Å²) in [5.41, 5.74) is 0. The fraction of sp³-hybridized carbons (Fsp3) is 0.917.